The van der Waals surface area contributed by atoms with Gasteiger partial charge in [0.2, 0.25) is 11.8 Å². The van der Waals surface area contributed by atoms with E-state index in [0.29, 0.717) is 16.9 Å². The average Bonchev–Trinajstić information content (AvgIpc) is 3.63. The molecule has 0 bridgehead atoms. The van der Waals surface area contributed by atoms with Crippen LogP contribution in [0.2, 0.25) is 0 Å². The van der Waals surface area contributed by atoms with Crippen LogP contribution in [0.3, 0.4) is 0 Å². The number of aromatic nitrogens is 4. The Morgan fingerprint density at radius 1 is 0.922 bits per heavy atom. The van der Waals surface area contributed by atoms with Crippen LogP contribution < -0.4 is 20.7 Å². The van der Waals surface area contributed by atoms with E-state index < -0.39 is 24.1 Å². The largest absolute Gasteiger partial charge is 0.457 e. The van der Waals surface area contributed by atoms with Gasteiger partial charge in [-0.25, -0.2) is 14.6 Å². The van der Waals surface area contributed by atoms with Gasteiger partial charge in [0.25, 0.3) is 5.91 Å². The molecule has 258 valence electrons. The number of benzene rings is 3. The van der Waals surface area contributed by atoms with Crippen molar-refractivity contribution in [2.75, 3.05) is 23.7 Å². The number of aliphatic hydroxyl groups excluding tert-OH is 1. The number of anilines is 2. The average molecular weight is 685 g/mol. The third kappa shape index (κ3) is 5.27. The Bertz CT molecular complexity index is 2190. The molecule has 2 aromatic heterocycles. The molecular weight excluding hydrogens is 648 g/mol. The van der Waals surface area contributed by atoms with Crippen molar-refractivity contribution in [1.29, 1.82) is 0 Å². The van der Waals surface area contributed by atoms with Gasteiger partial charge in [-0.05, 0) is 86.1 Å². The molecule has 5 heterocycles. The highest BCUT2D eigenvalue weighted by Gasteiger charge is 2.48. The first-order chi connectivity index (χ1) is 24.8. The number of carbonyl (C=O) groups excluding carboxylic acids is 3. The number of rotatable bonds is 6. The molecule has 51 heavy (non-hydrogen) atoms. The number of nitrogen functional groups attached to an aromatic ring is 1. The normalized spacial score (nSPS) is 21.5. The summed E-state index contributed by atoms with van der Waals surface area (Å²) in [6.45, 7) is 1.66. The third-order valence-electron chi connectivity index (χ3n) is 11.1. The molecule has 3 amide bonds. The zero-order chi connectivity index (χ0) is 34.9. The van der Waals surface area contributed by atoms with Crippen molar-refractivity contribution in [3.63, 3.8) is 0 Å². The number of hydrogen-bond acceptors (Lipinski definition) is 10. The molecule has 4 aliphatic rings. The lowest BCUT2D eigenvalue weighted by molar-refractivity contribution is -0.139. The number of ether oxygens (including phenoxy) is 1. The van der Waals surface area contributed by atoms with Gasteiger partial charge in [0, 0.05) is 41.9 Å². The van der Waals surface area contributed by atoms with Crippen molar-refractivity contribution >= 4 is 40.3 Å². The molecule has 2 atom stereocenters. The summed E-state index contributed by atoms with van der Waals surface area (Å²) in [5.74, 6) is 0.581. The SMILES string of the molecule is Nc1ncnc2c1c(-c1ccc(Oc3ccccc3)cc1)nn2C1CC2(CCN(c3ccc4c(c3)C(=O)N(C3CCC(=O)NC3=O)C4O)CC2)C1. The minimum absolute atomic E-state index is 0.129. The van der Waals surface area contributed by atoms with Crippen LogP contribution in [0.1, 0.15) is 66.7 Å². The van der Waals surface area contributed by atoms with Crippen molar-refractivity contribution in [3.05, 3.63) is 90.3 Å². The van der Waals surface area contributed by atoms with Crippen LogP contribution in [0.15, 0.2) is 79.1 Å². The monoisotopic (exact) mass is 684 g/mol. The van der Waals surface area contributed by atoms with Gasteiger partial charge in [-0.3, -0.25) is 24.6 Å². The van der Waals surface area contributed by atoms with Gasteiger partial charge in [-0.15, -0.1) is 0 Å². The number of amides is 3. The standard InChI is InChI=1S/C38H36N8O5/c39-33-31-32(22-6-9-26(10-7-22)51-25-4-2-1-3-5-25)43-46(34(31)41-21-40-33)24-19-38(20-24)14-16-44(17-15-38)23-8-11-27-28(18-23)37(50)45(36(27)49)29-12-13-30(47)42-35(29)48/h1-11,18,21,24,29,36,49H,12-17,19-20H2,(H2,39,40,41)(H,42,47,48). The number of para-hydroxylation sites is 1. The number of nitrogens with zero attached hydrogens (tertiary/aromatic N) is 6. The van der Waals surface area contributed by atoms with E-state index in [0.717, 1.165) is 78.2 Å². The third-order valence-corrected chi connectivity index (χ3v) is 11.1. The number of nitrogens with one attached hydrogen (secondary N) is 1. The van der Waals surface area contributed by atoms with E-state index in [-0.39, 0.29) is 30.2 Å². The molecule has 13 nitrogen and oxygen atoms in total. The molecule has 1 aliphatic carbocycles. The highest BCUT2D eigenvalue weighted by molar-refractivity contribution is 6.06. The van der Waals surface area contributed by atoms with E-state index in [1.165, 1.54) is 11.2 Å². The lowest BCUT2D eigenvalue weighted by Gasteiger charge is -2.52. The fraction of sp³-hybridized carbons (Fsp3) is 0.316. The van der Waals surface area contributed by atoms with Crippen LogP contribution in [0.5, 0.6) is 11.5 Å². The van der Waals surface area contributed by atoms with E-state index in [2.05, 4.69) is 20.2 Å². The van der Waals surface area contributed by atoms with Gasteiger partial charge in [-0.1, -0.05) is 24.3 Å². The van der Waals surface area contributed by atoms with Gasteiger partial charge in [0.05, 0.1) is 11.4 Å². The predicted octanol–water partition coefficient (Wildman–Crippen LogP) is 4.74. The summed E-state index contributed by atoms with van der Waals surface area (Å²) >= 11 is 0. The molecule has 2 saturated heterocycles. The topological polar surface area (TPSA) is 169 Å². The van der Waals surface area contributed by atoms with Crippen molar-refractivity contribution in [2.45, 2.75) is 56.8 Å². The van der Waals surface area contributed by atoms with Crippen molar-refractivity contribution in [2.24, 2.45) is 5.41 Å². The first kappa shape index (κ1) is 31.2. The second-order valence-electron chi connectivity index (χ2n) is 14.1. The van der Waals surface area contributed by atoms with Gasteiger partial charge >= 0.3 is 0 Å². The molecular formula is C38H36N8O5. The molecule has 3 aromatic carbocycles. The molecule has 5 aromatic rings. The van der Waals surface area contributed by atoms with E-state index in [1.807, 2.05) is 71.4 Å². The summed E-state index contributed by atoms with van der Waals surface area (Å²) in [4.78, 5) is 50.0. The maximum absolute atomic E-state index is 13.4. The number of carbonyl (C=O) groups is 3. The van der Waals surface area contributed by atoms with Gasteiger partial charge in [0.1, 0.15) is 35.4 Å². The molecule has 1 saturated carbocycles. The molecule has 1 spiro atoms. The minimum atomic E-state index is -1.23. The van der Waals surface area contributed by atoms with Gasteiger partial charge in [0.15, 0.2) is 11.9 Å². The number of imide groups is 1. The van der Waals surface area contributed by atoms with Crippen LogP contribution in [-0.4, -0.2) is 66.6 Å². The van der Waals surface area contributed by atoms with Crippen molar-refractivity contribution in [3.8, 4) is 22.8 Å². The van der Waals surface area contributed by atoms with Crippen LogP contribution in [-0.2, 0) is 9.59 Å². The summed E-state index contributed by atoms with van der Waals surface area (Å²) in [6, 6.07) is 22.3. The minimum Gasteiger partial charge on any atom is -0.457 e. The zero-order valence-corrected chi connectivity index (χ0v) is 27.7. The van der Waals surface area contributed by atoms with Crippen molar-refractivity contribution in [1.82, 2.24) is 30.0 Å². The second kappa shape index (κ2) is 11.9. The Kier molecular flexibility index (Phi) is 7.28. The Morgan fingerprint density at radius 3 is 2.41 bits per heavy atom. The van der Waals surface area contributed by atoms with E-state index >= 15 is 0 Å². The molecule has 2 unspecified atom stereocenters. The second-order valence-corrected chi connectivity index (χ2v) is 14.1. The van der Waals surface area contributed by atoms with Crippen LogP contribution in [0, 0.1) is 5.41 Å². The quantitative estimate of drug-likeness (QED) is 0.213. The van der Waals surface area contributed by atoms with Crippen LogP contribution in [0.4, 0.5) is 11.5 Å². The summed E-state index contributed by atoms with van der Waals surface area (Å²) < 4.78 is 8.01. The van der Waals surface area contributed by atoms with Crippen molar-refractivity contribution < 1.29 is 24.2 Å². The number of hydrogen-bond donors (Lipinski definition) is 3. The highest BCUT2D eigenvalue weighted by Crippen LogP contribution is 2.56. The first-order valence-electron chi connectivity index (χ1n) is 17.3. The number of fused-ring (bicyclic) bond motifs is 2. The fourth-order valence-corrected chi connectivity index (χ4v) is 8.33. The number of piperidine rings is 2. The lowest BCUT2D eigenvalue weighted by atomic mass is 9.60. The summed E-state index contributed by atoms with van der Waals surface area (Å²) in [6.07, 6.45) is 4.52. The number of nitrogens with two attached hydrogens (primary N) is 1. The maximum atomic E-state index is 13.4. The molecule has 3 fully saturated rings. The summed E-state index contributed by atoms with van der Waals surface area (Å²) in [5, 5.41) is 19.1. The summed E-state index contributed by atoms with van der Waals surface area (Å²) in [7, 11) is 0. The summed E-state index contributed by atoms with van der Waals surface area (Å²) in [5.41, 5.74) is 10.8. The molecule has 4 N–H and O–H groups in total. The van der Waals surface area contributed by atoms with Crippen LogP contribution >= 0.6 is 0 Å². The lowest BCUT2D eigenvalue weighted by Crippen LogP contribution is -2.53. The fourth-order valence-electron chi connectivity index (χ4n) is 8.33. The smallest absolute Gasteiger partial charge is 0.257 e. The first-order valence-corrected chi connectivity index (χ1v) is 17.3. The Labute approximate surface area is 293 Å². The van der Waals surface area contributed by atoms with Gasteiger partial charge in [-0.2, -0.15) is 5.10 Å². The van der Waals surface area contributed by atoms with Crippen LogP contribution in [0.25, 0.3) is 22.3 Å². The molecule has 3 aliphatic heterocycles. The van der Waals surface area contributed by atoms with Gasteiger partial charge < -0.3 is 20.5 Å². The molecule has 13 heteroatoms. The van der Waals surface area contributed by atoms with E-state index in [4.69, 9.17) is 15.6 Å². The molecule has 0 radical (unpaired) electrons. The zero-order valence-electron chi connectivity index (χ0n) is 27.7. The maximum Gasteiger partial charge on any atom is 0.257 e. The van der Waals surface area contributed by atoms with E-state index in [1.54, 1.807) is 6.07 Å². The predicted molar refractivity (Wildman–Crippen MR) is 188 cm³/mol. The highest BCUT2D eigenvalue weighted by atomic mass is 16.5. The Balaban J connectivity index is 0.884. The number of aliphatic hydroxyl groups is 1. The Morgan fingerprint density at radius 2 is 1.67 bits per heavy atom. The molecule has 9 rings (SSSR count). The van der Waals surface area contributed by atoms with E-state index in [9.17, 15) is 19.5 Å². The Hall–Kier alpha value is -5.82.